The van der Waals surface area contributed by atoms with Crippen molar-refractivity contribution < 1.29 is 4.79 Å². The number of carbonyl (C=O) groups excluding carboxylic acids is 1. The first-order valence-corrected chi connectivity index (χ1v) is 9.76. The first-order chi connectivity index (χ1) is 13.1. The predicted molar refractivity (Wildman–Crippen MR) is 111 cm³/mol. The molecule has 0 aliphatic rings. The smallest absolute Gasteiger partial charge is 0.279 e. The zero-order valence-corrected chi connectivity index (χ0v) is 16.3. The van der Waals surface area contributed by atoms with Crippen molar-refractivity contribution in [2.45, 2.75) is 6.42 Å². The van der Waals surface area contributed by atoms with Gasteiger partial charge in [0.05, 0.1) is 10.2 Å². The number of nitrogens with zero attached hydrogens (tertiary/aromatic N) is 2. The average molecular weight is 393 g/mol. The average Bonchev–Trinajstić information content (AvgIpc) is 2.98. The molecule has 1 heterocycles. The fourth-order valence-corrected chi connectivity index (χ4v) is 4.26. The number of aryl methyl sites for hydroxylation is 1. The van der Waals surface area contributed by atoms with Gasteiger partial charge in [-0.25, -0.2) is 0 Å². The molecule has 0 bridgehead atoms. The van der Waals surface area contributed by atoms with Gasteiger partial charge in [0, 0.05) is 17.6 Å². The van der Waals surface area contributed by atoms with Crippen molar-refractivity contribution >= 4 is 39.1 Å². The third-order valence-electron chi connectivity index (χ3n) is 4.42. The third-order valence-corrected chi connectivity index (χ3v) is 5.75. The van der Waals surface area contributed by atoms with Gasteiger partial charge in [-0.3, -0.25) is 4.79 Å². The summed E-state index contributed by atoms with van der Waals surface area (Å²) in [4.78, 5) is 17.5. The van der Waals surface area contributed by atoms with E-state index >= 15 is 0 Å². The zero-order chi connectivity index (χ0) is 18.8. The largest absolute Gasteiger partial charge is 0.319 e. The van der Waals surface area contributed by atoms with Gasteiger partial charge >= 0.3 is 0 Å². The van der Waals surface area contributed by atoms with Gasteiger partial charge < -0.3 is 4.57 Å². The summed E-state index contributed by atoms with van der Waals surface area (Å²) in [5.41, 5.74) is 4.01. The second kappa shape index (κ2) is 7.51. The number of carbonyl (C=O) groups is 1. The Morgan fingerprint density at radius 3 is 2.44 bits per heavy atom. The van der Waals surface area contributed by atoms with Crippen LogP contribution in [0.15, 0.2) is 77.8 Å². The van der Waals surface area contributed by atoms with Gasteiger partial charge in [0.1, 0.15) is 0 Å². The van der Waals surface area contributed by atoms with Gasteiger partial charge in [-0.05, 0) is 47.9 Å². The fraction of sp³-hybridized carbons (Fsp3) is 0.0909. The number of hydrogen-bond acceptors (Lipinski definition) is 2. The van der Waals surface area contributed by atoms with Crippen LogP contribution in [0.3, 0.4) is 0 Å². The molecule has 0 N–H and O–H groups in total. The molecule has 0 spiro atoms. The van der Waals surface area contributed by atoms with E-state index in [2.05, 4.69) is 17.1 Å². The lowest BCUT2D eigenvalue weighted by molar-refractivity contribution is 0.0998. The predicted octanol–water partition coefficient (Wildman–Crippen LogP) is 5.23. The number of aromatic nitrogens is 1. The van der Waals surface area contributed by atoms with Crippen LogP contribution in [0.2, 0.25) is 5.02 Å². The molecular weight excluding hydrogens is 376 g/mol. The molecule has 0 saturated heterocycles. The van der Waals surface area contributed by atoms with E-state index in [0.29, 0.717) is 15.4 Å². The van der Waals surface area contributed by atoms with Gasteiger partial charge in [-0.15, -0.1) is 0 Å². The molecule has 0 unspecified atom stereocenters. The monoisotopic (exact) mass is 392 g/mol. The Morgan fingerprint density at radius 1 is 1.00 bits per heavy atom. The topological polar surface area (TPSA) is 34.4 Å². The Kier molecular flexibility index (Phi) is 4.92. The van der Waals surface area contributed by atoms with Crippen LogP contribution in [0.25, 0.3) is 10.2 Å². The van der Waals surface area contributed by atoms with Gasteiger partial charge in [-0.1, -0.05) is 65.4 Å². The summed E-state index contributed by atoms with van der Waals surface area (Å²) in [7, 11) is 1.90. The highest BCUT2D eigenvalue weighted by Crippen LogP contribution is 2.21. The Hall–Kier alpha value is -2.69. The maximum atomic E-state index is 12.6. The molecule has 0 saturated carbocycles. The number of hydrogen-bond donors (Lipinski definition) is 0. The maximum absolute atomic E-state index is 12.6. The van der Waals surface area contributed by atoms with Crippen LogP contribution < -0.4 is 4.80 Å². The first kappa shape index (κ1) is 17.7. The van der Waals surface area contributed by atoms with Gasteiger partial charge in [-0.2, -0.15) is 4.99 Å². The van der Waals surface area contributed by atoms with E-state index in [1.54, 1.807) is 0 Å². The van der Waals surface area contributed by atoms with Crippen molar-refractivity contribution in [2.24, 2.45) is 12.0 Å². The molecule has 27 heavy (non-hydrogen) atoms. The minimum Gasteiger partial charge on any atom is -0.319 e. The second-order valence-electron chi connectivity index (χ2n) is 6.33. The lowest BCUT2D eigenvalue weighted by Gasteiger charge is -2.02. The molecule has 134 valence electrons. The minimum atomic E-state index is -0.241. The normalized spacial score (nSPS) is 11.9. The Labute approximate surface area is 166 Å². The molecule has 0 radical (unpaired) electrons. The molecule has 3 aromatic carbocycles. The van der Waals surface area contributed by atoms with Gasteiger partial charge in [0.2, 0.25) is 0 Å². The van der Waals surface area contributed by atoms with E-state index in [1.165, 1.54) is 22.5 Å². The summed E-state index contributed by atoms with van der Waals surface area (Å²) in [6.45, 7) is 0. The number of thiazole rings is 1. The van der Waals surface area contributed by atoms with Crippen LogP contribution in [-0.2, 0) is 13.5 Å². The van der Waals surface area contributed by atoms with Crippen molar-refractivity contribution in [3.63, 3.8) is 0 Å². The Balaban J connectivity index is 1.60. The van der Waals surface area contributed by atoms with Crippen LogP contribution in [0, 0.1) is 0 Å². The minimum absolute atomic E-state index is 0.241. The van der Waals surface area contributed by atoms with Crippen molar-refractivity contribution in [3.05, 3.63) is 99.3 Å². The molecule has 0 aliphatic heterocycles. The molecule has 0 fully saturated rings. The second-order valence-corrected chi connectivity index (χ2v) is 7.78. The molecule has 0 aliphatic carbocycles. The molecule has 1 amide bonds. The van der Waals surface area contributed by atoms with Crippen LogP contribution in [0.4, 0.5) is 0 Å². The summed E-state index contributed by atoms with van der Waals surface area (Å²) < 4.78 is 2.92. The van der Waals surface area contributed by atoms with Crippen LogP contribution in [0.5, 0.6) is 0 Å². The highest BCUT2D eigenvalue weighted by molar-refractivity contribution is 7.16. The van der Waals surface area contributed by atoms with Gasteiger partial charge in [0.15, 0.2) is 4.80 Å². The van der Waals surface area contributed by atoms with E-state index in [0.717, 1.165) is 16.6 Å². The SMILES string of the molecule is Cn1c(=NC(=O)c2ccc(Cc3ccccc3)cc2)sc2cc(Cl)ccc21. The number of benzene rings is 3. The highest BCUT2D eigenvalue weighted by atomic mass is 35.5. The molecular formula is C22H17ClN2OS. The third kappa shape index (κ3) is 3.87. The lowest BCUT2D eigenvalue weighted by Crippen LogP contribution is -2.13. The molecule has 5 heteroatoms. The van der Waals surface area contributed by atoms with E-state index < -0.39 is 0 Å². The Morgan fingerprint density at radius 2 is 1.70 bits per heavy atom. The summed E-state index contributed by atoms with van der Waals surface area (Å²) in [6.07, 6.45) is 0.846. The number of rotatable bonds is 3. The summed E-state index contributed by atoms with van der Waals surface area (Å²) >= 11 is 7.51. The number of halogens is 1. The standard InChI is InChI=1S/C22H17ClN2OS/c1-25-19-12-11-18(23)14-20(19)27-22(25)24-21(26)17-9-7-16(8-10-17)13-15-5-3-2-4-6-15/h2-12,14H,13H2,1H3. The lowest BCUT2D eigenvalue weighted by atomic mass is 10.0. The molecule has 4 aromatic rings. The van der Waals surface area contributed by atoms with Crippen LogP contribution in [0.1, 0.15) is 21.5 Å². The first-order valence-electron chi connectivity index (χ1n) is 8.57. The van der Waals surface area contributed by atoms with Crippen LogP contribution >= 0.6 is 22.9 Å². The number of amides is 1. The van der Waals surface area contributed by atoms with E-state index in [9.17, 15) is 4.79 Å². The van der Waals surface area contributed by atoms with Crippen molar-refractivity contribution in [1.82, 2.24) is 4.57 Å². The fourth-order valence-electron chi connectivity index (χ4n) is 2.96. The zero-order valence-electron chi connectivity index (χ0n) is 14.7. The maximum Gasteiger partial charge on any atom is 0.279 e. The number of fused-ring (bicyclic) bond motifs is 1. The van der Waals surface area contributed by atoms with Crippen molar-refractivity contribution in [1.29, 1.82) is 0 Å². The summed E-state index contributed by atoms with van der Waals surface area (Å²) in [6, 6.07) is 23.6. The molecule has 1 aromatic heterocycles. The Bertz CT molecular complexity index is 1170. The van der Waals surface area contributed by atoms with E-state index in [-0.39, 0.29) is 5.91 Å². The van der Waals surface area contributed by atoms with Crippen LogP contribution in [-0.4, -0.2) is 10.5 Å². The molecule has 3 nitrogen and oxygen atoms in total. The quantitative estimate of drug-likeness (QED) is 0.470. The van der Waals surface area contributed by atoms with Crippen molar-refractivity contribution in [3.8, 4) is 0 Å². The van der Waals surface area contributed by atoms with E-state index in [1.807, 2.05) is 72.3 Å². The highest BCUT2D eigenvalue weighted by Gasteiger charge is 2.08. The summed E-state index contributed by atoms with van der Waals surface area (Å²) in [5.74, 6) is -0.241. The molecule has 4 rings (SSSR count). The van der Waals surface area contributed by atoms with Crippen molar-refractivity contribution in [2.75, 3.05) is 0 Å². The van der Waals surface area contributed by atoms with E-state index in [4.69, 9.17) is 11.6 Å². The van der Waals surface area contributed by atoms with Gasteiger partial charge in [0.25, 0.3) is 5.91 Å². The molecule has 0 atom stereocenters. The summed E-state index contributed by atoms with van der Waals surface area (Å²) in [5, 5.41) is 0.677.